The summed E-state index contributed by atoms with van der Waals surface area (Å²) in [4.78, 5) is 18.5. The number of benzene rings is 1. The molecule has 0 unspecified atom stereocenters. The first kappa shape index (κ1) is 29.4. The number of piperidine rings is 1. The van der Waals surface area contributed by atoms with Crippen LogP contribution >= 0.6 is 0 Å². The van der Waals surface area contributed by atoms with Crippen LogP contribution in [0.15, 0.2) is 53.2 Å². The average molecular weight is 607 g/mol. The van der Waals surface area contributed by atoms with Crippen LogP contribution in [0.3, 0.4) is 0 Å². The highest BCUT2D eigenvalue weighted by Gasteiger charge is 2.37. The van der Waals surface area contributed by atoms with Gasteiger partial charge in [0.1, 0.15) is 17.1 Å². The van der Waals surface area contributed by atoms with Crippen molar-refractivity contribution in [1.82, 2.24) is 24.5 Å². The number of likely N-dealkylation sites (tertiary alicyclic amines) is 1. The van der Waals surface area contributed by atoms with E-state index in [1.165, 1.54) is 23.1 Å². The maximum Gasteiger partial charge on any atom is 0.410 e. The number of halogens is 3. The Morgan fingerprint density at radius 1 is 1.17 bits per heavy atom. The zero-order chi connectivity index (χ0) is 30.2. The molecule has 0 saturated carbocycles. The molecule has 0 radical (unpaired) electrons. The van der Waals surface area contributed by atoms with Crippen LogP contribution in [0, 0.1) is 5.82 Å². The van der Waals surface area contributed by atoms with E-state index in [-0.39, 0.29) is 44.1 Å². The van der Waals surface area contributed by atoms with Crippen molar-refractivity contribution >= 4 is 27.5 Å². The van der Waals surface area contributed by atoms with E-state index in [2.05, 4.69) is 15.2 Å². The lowest BCUT2D eigenvalue weighted by molar-refractivity contribution is 0.0217. The summed E-state index contributed by atoms with van der Waals surface area (Å²) in [6.45, 7) is 5.45. The number of nitrogens with zero attached hydrogens (tertiary/aromatic N) is 6. The Morgan fingerprint density at radius 3 is 2.55 bits per heavy atom. The molecule has 5 rings (SSSR count). The molecule has 224 valence electrons. The third-order valence-corrected chi connectivity index (χ3v) is 8.88. The van der Waals surface area contributed by atoms with E-state index in [1.54, 1.807) is 49.7 Å². The van der Waals surface area contributed by atoms with E-state index in [1.807, 2.05) is 0 Å². The standard InChI is InChI=1S/C27H29F3N6O5S/c1-27(2,3)41-26(37)34-11-8-21(9-12-34)42(38,39)36(20-6-4-5-18(28)14-20)16-19-15-35-10-7-17(13-22(35)31-19)24-32-33-25(40-24)23(29)30/h4-7,10,13-15,21,23H,8-9,11-12,16H2,1-3H3. The normalized spacial score (nSPS) is 15.0. The molecule has 1 aliphatic rings. The maximum atomic E-state index is 14.2. The van der Waals surface area contributed by atoms with Crippen molar-refractivity contribution in [3.05, 3.63) is 66.2 Å². The Labute approximate surface area is 240 Å². The highest BCUT2D eigenvalue weighted by atomic mass is 32.2. The quantitative estimate of drug-likeness (QED) is 0.281. The molecule has 3 aromatic heterocycles. The number of amides is 1. The van der Waals surface area contributed by atoms with Gasteiger partial charge in [-0.2, -0.15) is 8.78 Å². The van der Waals surface area contributed by atoms with Gasteiger partial charge in [0.05, 0.1) is 23.2 Å². The predicted molar refractivity (Wildman–Crippen MR) is 146 cm³/mol. The van der Waals surface area contributed by atoms with Gasteiger partial charge in [-0.25, -0.2) is 22.6 Å². The van der Waals surface area contributed by atoms with Crippen molar-refractivity contribution in [1.29, 1.82) is 0 Å². The van der Waals surface area contributed by atoms with E-state index in [9.17, 15) is 26.4 Å². The molecule has 1 saturated heterocycles. The Morgan fingerprint density at radius 2 is 1.90 bits per heavy atom. The molecular formula is C27H29F3N6O5S. The van der Waals surface area contributed by atoms with Crippen LogP contribution < -0.4 is 4.31 Å². The molecule has 0 N–H and O–H groups in total. The third kappa shape index (κ3) is 6.35. The summed E-state index contributed by atoms with van der Waals surface area (Å²) in [5, 5.41) is 6.15. The minimum Gasteiger partial charge on any atom is -0.444 e. The number of alkyl halides is 2. The fourth-order valence-electron chi connectivity index (χ4n) is 4.63. The summed E-state index contributed by atoms with van der Waals surface area (Å²) in [6, 6.07) is 8.39. The molecule has 0 spiro atoms. The van der Waals surface area contributed by atoms with Gasteiger partial charge in [0.25, 0.3) is 5.89 Å². The smallest absolute Gasteiger partial charge is 0.410 e. The average Bonchev–Trinajstić information content (AvgIpc) is 3.58. The first-order valence-electron chi connectivity index (χ1n) is 13.1. The van der Waals surface area contributed by atoms with Crippen LogP contribution in [0.25, 0.3) is 17.1 Å². The van der Waals surface area contributed by atoms with E-state index in [4.69, 9.17) is 9.15 Å². The highest BCUT2D eigenvalue weighted by Crippen LogP contribution is 2.30. The van der Waals surface area contributed by atoms with Crippen LogP contribution in [0.1, 0.15) is 51.6 Å². The fourth-order valence-corrected chi connectivity index (χ4v) is 6.52. The summed E-state index contributed by atoms with van der Waals surface area (Å²) >= 11 is 0. The molecule has 42 heavy (non-hydrogen) atoms. The Hall–Kier alpha value is -4.14. The number of anilines is 1. The maximum absolute atomic E-state index is 14.2. The van der Waals surface area contributed by atoms with Crippen LogP contribution in [-0.2, 0) is 21.3 Å². The summed E-state index contributed by atoms with van der Waals surface area (Å²) in [5.41, 5.74) is 0.535. The molecular weight excluding hydrogens is 577 g/mol. The molecule has 0 bridgehead atoms. The molecule has 1 fully saturated rings. The molecule has 1 amide bonds. The number of aromatic nitrogens is 4. The molecule has 11 nitrogen and oxygen atoms in total. The van der Waals surface area contributed by atoms with Crippen molar-refractivity contribution in [3.63, 3.8) is 0 Å². The van der Waals surface area contributed by atoms with Crippen LogP contribution in [-0.4, -0.2) is 62.9 Å². The molecule has 4 aromatic rings. The van der Waals surface area contributed by atoms with Gasteiger partial charge in [0.15, 0.2) is 0 Å². The number of imidazole rings is 1. The Bertz CT molecular complexity index is 1690. The summed E-state index contributed by atoms with van der Waals surface area (Å²) in [5.74, 6) is -1.52. The lowest BCUT2D eigenvalue weighted by Crippen LogP contribution is -2.48. The molecule has 0 aliphatic carbocycles. The number of sulfonamides is 1. The summed E-state index contributed by atoms with van der Waals surface area (Å²) in [7, 11) is -4.04. The fraction of sp³-hybridized carbons (Fsp3) is 0.407. The zero-order valence-electron chi connectivity index (χ0n) is 23.1. The van der Waals surface area contributed by atoms with E-state index in [0.717, 1.165) is 10.4 Å². The van der Waals surface area contributed by atoms with Crippen molar-refractivity contribution in [2.75, 3.05) is 17.4 Å². The lowest BCUT2D eigenvalue weighted by Gasteiger charge is -2.35. The van der Waals surface area contributed by atoms with Gasteiger partial charge >= 0.3 is 12.5 Å². The summed E-state index contributed by atoms with van der Waals surface area (Å²) < 4.78 is 81.1. The van der Waals surface area contributed by atoms with Crippen molar-refractivity contribution in [2.45, 2.75) is 57.4 Å². The zero-order valence-corrected chi connectivity index (χ0v) is 23.9. The first-order valence-corrected chi connectivity index (χ1v) is 14.6. The Balaban J connectivity index is 1.40. The number of ether oxygens (including phenoxy) is 1. The van der Waals surface area contributed by atoms with E-state index in [0.29, 0.717) is 16.9 Å². The molecule has 1 aromatic carbocycles. The van der Waals surface area contributed by atoms with Crippen molar-refractivity contribution in [2.24, 2.45) is 0 Å². The van der Waals surface area contributed by atoms with Gasteiger partial charge in [-0.05, 0) is 63.9 Å². The third-order valence-electron chi connectivity index (χ3n) is 6.61. The van der Waals surface area contributed by atoms with Crippen LogP contribution in [0.4, 0.5) is 23.7 Å². The van der Waals surface area contributed by atoms with Gasteiger partial charge in [0.2, 0.25) is 15.9 Å². The topological polar surface area (TPSA) is 123 Å². The van der Waals surface area contributed by atoms with Crippen molar-refractivity contribution in [3.8, 4) is 11.5 Å². The second-order valence-electron chi connectivity index (χ2n) is 10.9. The number of hydrogen-bond acceptors (Lipinski definition) is 8. The molecule has 15 heteroatoms. The molecule has 0 atom stereocenters. The minimum atomic E-state index is -4.04. The first-order chi connectivity index (χ1) is 19.8. The lowest BCUT2D eigenvalue weighted by atomic mass is 10.1. The number of hydrogen-bond donors (Lipinski definition) is 0. The van der Waals surface area contributed by atoms with Gasteiger partial charge in [-0.15, -0.1) is 10.2 Å². The monoisotopic (exact) mass is 606 g/mol. The Kier molecular flexibility index (Phi) is 7.88. The number of rotatable bonds is 7. The summed E-state index contributed by atoms with van der Waals surface area (Å²) in [6.07, 6.45) is 0.147. The number of fused-ring (bicyclic) bond motifs is 1. The molecule has 1 aliphatic heterocycles. The van der Waals surface area contributed by atoms with Gasteiger partial charge in [-0.1, -0.05) is 6.07 Å². The highest BCUT2D eigenvalue weighted by molar-refractivity contribution is 7.93. The number of pyridine rings is 1. The number of carbonyl (C=O) groups is 1. The van der Waals surface area contributed by atoms with Crippen molar-refractivity contribution < 1.29 is 35.5 Å². The number of carbonyl (C=O) groups excluding carboxylic acids is 1. The SMILES string of the molecule is CC(C)(C)OC(=O)N1CCC(S(=O)(=O)N(Cc2cn3ccc(-c4nnc(C(F)F)o4)cc3n2)c2cccc(F)c2)CC1. The minimum absolute atomic E-state index is 0.112. The largest absolute Gasteiger partial charge is 0.444 e. The van der Waals surface area contributed by atoms with Gasteiger partial charge in [-0.3, -0.25) is 4.31 Å². The molecule has 4 heterocycles. The predicted octanol–water partition coefficient (Wildman–Crippen LogP) is 5.20. The van der Waals surface area contributed by atoms with Crippen LogP contribution in [0.5, 0.6) is 0 Å². The second kappa shape index (κ2) is 11.3. The van der Waals surface area contributed by atoms with Gasteiger partial charge in [0, 0.05) is 31.0 Å². The van der Waals surface area contributed by atoms with E-state index < -0.39 is 45.1 Å². The van der Waals surface area contributed by atoms with Gasteiger partial charge < -0.3 is 18.5 Å². The second-order valence-corrected chi connectivity index (χ2v) is 13.0. The van der Waals surface area contributed by atoms with Crippen LogP contribution in [0.2, 0.25) is 0 Å². The van der Waals surface area contributed by atoms with E-state index >= 15 is 0 Å².